The van der Waals surface area contributed by atoms with Gasteiger partial charge in [-0.25, -0.2) is 4.98 Å². The first-order valence-electron chi connectivity index (χ1n) is 11.6. The Labute approximate surface area is 226 Å². The normalized spacial score (nSPS) is 13.3. The van der Waals surface area contributed by atoms with E-state index in [1.807, 2.05) is 13.8 Å². The maximum Gasteiger partial charge on any atom is 0.309 e. The number of hydrogen-bond acceptors (Lipinski definition) is 9. The van der Waals surface area contributed by atoms with E-state index in [1.54, 1.807) is 32.0 Å². The maximum absolute atomic E-state index is 13.0. The van der Waals surface area contributed by atoms with Gasteiger partial charge in [-0.2, -0.15) is 0 Å². The van der Waals surface area contributed by atoms with Crippen LogP contribution in [0.1, 0.15) is 51.5 Å². The number of halogens is 2. The fraction of sp³-hybridized carbons (Fsp3) is 0.462. The summed E-state index contributed by atoms with van der Waals surface area (Å²) in [5, 5.41) is 0.811. The summed E-state index contributed by atoms with van der Waals surface area (Å²) in [6, 6.07) is 6.35. The van der Waals surface area contributed by atoms with E-state index in [0.717, 1.165) is 0 Å². The number of esters is 2. The number of rotatable bonds is 13. The van der Waals surface area contributed by atoms with Crippen molar-refractivity contribution in [2.45, 2.75) is 53.2 Å². The Balaban J connectivity index is 2.10. The third kappa shape index (κ3) is 8.79. The molecule has 0 amide bonds. The highest BCUT2D eigenvalue weighted by atomic mass is 35.5. The molecule has 9 nitrogen and oxygen atoms in total. The monoisotopic (exact) mass is 555 g/mol. The van der Waals surface area contributed by atoms with Gasteiger partial charge in [0, 0.05) is 30.6 Å². The zero-order chi connectivity index (χ0) is 27.7. The number of benzene rings is 1. The van der Waals surface area contributed by atoms with Crippen molar-refractivity contribution >= 4 is 40.9 Å². The van der Waals surface area contributed by atoms with Gasteiger partial charge in [-0.05, 0) is 31.0 Å². The van der Waals surface area contributed by atoms with Crippen molar-refractivity contribution in [3.63, 3.8) is 0 Å². The van der Waals surface area contributed by atoms with E-state index in [2.05, 4.69) is 4.98 Å². The number of nitrogens with zero attached hydrogens (tertiary/aromatic N) is 1. The van der Waals surface area contributed by atoms with Gasteiger partial charge in [-0.1, -0.05) is 44.0 Å². The lowest BCUT2D eigenvalue weighted by Crippen LogP contribution is -2.39. The number of ketones is 1. The van der Waals surface area contributed by atoms with Crippen molar-refractivity contribution in [3.05, 3.63) is 46.2 Å². The van der Waals surface area contributed by atoms with E-state index in [4.69, 9.17) is 46.9 Å². The molecule has 202 valence electrons. The molecule has 11 heteroatoms. The van der Waals surface area contributed by atoms with Crippen LogP contribution in [0, 0.1) is 11.8 Å². The van der Waals surface area contributed by atoms with Crippen LogP contribution in [0.2, 0.25) is 10.0 Å². The van der Waals surface area contributed by atoms with E-state index < -0.39 is 42.6 Å². The van der Waals surface area contributed by atoms with E-state index in [1.165, 1.54) is 26.3 Å². The minimum atomic E-state index is -0.797. The fourth-order valence-electron chi connectivity index (χ4n) is 3.42. The largest absolute Gasteiger partial charge is 0.493 e. The molecule has 0 aliphatic rings. The maximum atomic E-state index is 13.0. The minimum absolute atomic E-state index is 0.0127. The zero-order valence-electron chi connectivity index (χ0n) is 21.6. The summed E-state index contributed by atoms with van der Waals surface area (Å²) >= 11 is 12.2. The first-order valence-corrected chi connectivity index (χ1v) is 12.3. The van der Waals surface area contributed by atoms with E-state index in [-0.39, 0.29) is 29.5 Å². The Morgan fingerprint density at radius 2 is 1.73 bits per heavy atom. The highest BCUT2D eigenvalue weighted by Gasteiger charge is 2.31. The molecule has 0 spiro atoms. The number of aromatic nitrogens is 1. The molecule has 0 aliphatic heterocycles. The summed E-state index contributed by atoms with van der Waals surface area (Å²) in [5.41, 5.74) is -0.0550. The number of Topliss-reactive ketones (excluding diaryl/α,β-unsaturated/α-hetero) is 1. The average molecular weight is 556 g/mol. The molecular weight excluding hydrogens is 525 g/mol. The van der Waals surface area contributed by atoms with Crippen molar-refractivity contribution < 1.29 is 38.1 Å². The standard InChI is InChI=1S/C26H31Cl2NO8/c1-14(2)24(16(4)36-21-8-7-18(27)12-19(21)28)37-26(32)15(3)11-20(31)23-25(35-13-34-17(5)30)22(33-6)9-10-29-23/h7-10,12,14-16,24H,11,13H2,1-6H3/t15-,16+,24-/m1/s1. The van der Waals surface area contributed by atoms with Crippen molar-refractivity contribution in [1.29, 1.82) is 0 Å². The molecule has 0 saturated heterocycles. The van der Waals surface area contributed by atoms with Crippen LogP contribution in [-0.2, 0) is 19.1 Å². The number of carbonyl (C=O) groups is 3. The number of pyridine rings is 1. The summed E-state index contributed by atoms with van der Waals surface area (Å²) in [7, 11) is 1.40. The van der Waals surface area contributed by atoms with Gasteiger partial charge in [0.1, 0.15) is 18.0 Å². The van der Waals surface area contributed by atoms with Crippen molar-refractivity contribution in [2.75, 3.05) is 13.9 Å². The van der Waals surface area contributed by atoms with Crippen molar-refractivity contribution in [3.8, 4) is 17.2 Å². The predicted molar refractivity (Wildman–Crippen MR) is 137 cm³/mol. The van der Waals surface area contributed by atoms with Gasteiger partial charge in [-0.15, -0.1) is 0 Å². The molecule has 1 aromatic carbocycles. The predicted octanol–water partition coefficient (Wildman–Crippen LogP) is 5.54. The Kier molecular flexibility index (Phi) is 11.5. The van der Waals surface area contributed by atoms with Crippen LogP contribution < -0.4 is 14.2 Å². The second-order valence-corrected chi connectivity index (χ2v) is 9.50. The van der Waals surface area contributed by atoms with Gasteiger partial charge in [0.2, 0.25) is 6.79 Å². The molecule has 0 radical (unpaired) electrons. The van der Waals surface area contributed by atoms with E-state index >= 15 is 0 Å². The third-order valence-corrected chi connectivity index (χ3v) is 5.82. The molecule has 2 rings (SSSR count). The lowest BCUT2D eigenvalue weighted by molar-refractivity contribution is -0.161. The molecule has 1 aromatic heterocycles. The molecule has 0 unspecified atom stereocenters. The van der Waals surface area contributed by atoms with E-state index in [9.17, 15) is 14.4 Å². The number of ether oxygens (including phenoxy) is 5. The smallest absolute Gasteiger partial charge is 0.309 e. The molecule has 1 heterocycles. The molecule has 2 aromatic rings. The number of methoxy groups -OCH3 is 1. The second-order valence-electron chi connectivity index (χ2n) is 8.66. The van der Waals surface area contributed by atoms with Crippen LogP contribution in [0.5, 0.6) is 17.2 Å². The Hall–Kier alpha value is -3.04. The summed E-state index contributed by atoms with van der Waals surface area (Å²) in [4.78, 5) is 41.1. The topological polar surface area (TPSA) is 110 Å². The van der Waals surface area contributed by atoms with Crippen molar-refractivity contribution in [1.82, 2.24) is 4.98 Å². The summed E-state index contributed by atoms with van der Waals surface area (Å²) < 4.78 is 27.1. The molecule has 3 atom stereocenters. The molecule has 0 aliphatic carbocycles. The van der Waals surface area contributed by atoms with Gasteiger partial charge in [-0.3, -0.25) is 14.4 Å². The summed E-state index contributed by atoms with van der Waals surface area (Å²) in [6.45, 7) is 7.93. The van der Waals surface area contributed by atoms with Gasteiger partial charge < -0.3 is 23.7 Å². The van der Waals surface area contributed by atoms with Crippen LogP contribution >= 0.6 is 23.2 Å². The molecule has 0 N–H and O–H groups in total. The molecular formula is C26H31Cl2NO8. The van der Waals surface area contributed by atoms with Gasteiger partial charge >= 0.3 is 11.9 Å². The van der Waals surface area contributed by atoms with Gasteiger partial charge in [0.15, 0.2) is 23.0 Å². The minimum Gasteiger partial charge on any atom is -0.493 e. The third-order valence-electron chi connectivity index (χ3n) is 5.29. The fourth-order valence-corrected chi connectivity index (χ4v) is 3.87. The SMILES string of the molecule is COc1ccnc(C(=O)C[C@@H](C)C(=O)O[C@H](C(C)C)[C@H](C)Oc2ccc(Cl)cc2Cl)c1OCOC(C)=O. The number of carbonyl (C=O) groups excluding carboxylic acids is 3. The Bertz CT molecular complexity index is 1110. The summed E-state index contributed by atoms with van der Waals surface area (Å²) in [5.74, 6) is -1.83. The van der Waals surface area contributed by atoms with Crippen LogP contribution in [0.15, 0.2) is 30.5 Å². The van der Waals surface area contributed by atoms with Crippen LogP contribution in [0.25, 0.3) is 0 Å². The number of hydrogen-bond donors (Lipinski definition) is 0. The highest BCUT2D eigenvalue weighted by molar-refractivity contribution is 6.35. The molecule has 0 bridgehead atoms. The highest BCUT2D eigenvalue weighted by Crippen LogP contribution is 2.32. The van der Waals surface area contributed by atoms with E-state index in [0.29, 0.717) is 15.8 Å². The first kappa shape index (κ1) is 30.2. The van der Waals surface area contributed by atoms with Crippen LogP contribution in [-0.4, -0.2) is 48.8 Å². The van der Waals surface area contributed by atoms with Gasteiger partial charge in [0.05, 0.1) is 18.1 Å². The molecule has 0 saturated carbocycles. The molecule has 37 heavy (non-hydrogen) atoms. The quantitative estimate of drug-likeness (QED) is 0.178. The Morgan fingerprint density at radius 1 is 1.03 bits per heavy atom. The van der Waals surface area contributed by atoms with Crippen LogP contribution in [0.4, 0.5) is 0 Å². The average Bonchev–Trinajstić information content (AvgIpc) is 2.83. The second kappa shape index (κ2) is 14.0. The molecule has 0 fully saturated rings. The zero-order valence-corrected chi connectivity index (χ0v) is 23.1. The first-order chi connectivity index (χ1) is 17.4. The van der Waals surface area contributed by atoms with Gasteiger partial charge in [0.25, 0.3) is 0 Å². The Morgan fingerprint density at radius 3 is 2.32 bits per heavy atom. The van der Waals surface area contributed by atoms with Crippen molar-refractivity contribution in [2.24, 2.45) is 11.8 Å². The van der Waals surface area contributed by atoms with Crippen LogP contribution in [0.3, 0.4) is 0 Å². The lowest BCUT2D eigenvalue weighted by atomic mass is 10.00. The summed E-state index contributed by atoms with van der Waals surface area (Å²) in [6.07, 6.45) is 0.0244. The lowest BCUT2D eigenvalue weighted by Gasteiger charge is -2.29.